The first kappa shape index (κ1) is 16.7. The molecule has 0 aliphatic rings. The molecule has 0 unspecified atom stereocenters. The van der Waals surface area contributed by atoms with Gasteiger partial charge in [-0.1, -0.05) is 25.4 Å². The molecule has 0 aliphatic carbocycles. The van der Waals surface area contributed by atoms with Crippen molar-refractivity contribution in [3.63, 3.8) is 0 Å². The fraction of sp³-hybridized carbons (Fsp3) is 0.250. The van der Waals surface area contributed by atoms with Crippen molar-refractivity contribution in [1.29, 1.82) is 5.26 Å². The van der Waals surface area contributed by atoms with Crippen LogP contribution in [0.2, 0.25) is 5.02 Å². The van der Waals surface area contributed by atoms with Crippen LogP contribution in [0.4, 0.5) is 0 Å². The topological polar surface area (TPSA) is 107 Å². The van der Waals surface area contributed by atoms with Gasteiger partial charge in [-0.25, -0.2) is 4.79 Å². The maximum absolute atomic E-state index is 12.8. The summed E-state index contributed by atoms with van der Waals surface area (Å²) in [6.07, 6.45) is 0. The van der Waals surface area contributed by atoms with Gasteiger partial charge in [0.1, 0.15) is 0 Å². The van der Waals surface area contributed by atoms with Crippen molar-refractivity contribution in [2.24, 2.45) is 0 Å². The first-order valence-corrected chi connectivity index (χ1v) is 7.25. The van der Waals surface area contributed by atoms with Gasteiger partial charge >= 0.3 is 5.69 Å². The van der Waals surface area contributed by atoms with Crippen molar-refractivity contribution in [2.45, 2.75) is 26.7 Å². The van der Waals surface area contributed by atoms with Crippen molar-refractivity contribution < 1.29 is 4.79 Å². The number of carbonyl (C=O) groups is 1. The van der Waals surface area contributed by atoms with E-state index in [1.165, 1.54) is 6.07 Å². The third-order valence-electron chi connectivity index (χ3n) is 3.41. The number of hydrogen-bond acceptors (Lipinski definition) is 4. The summed E-state index contributed by atoms with van der Waals surface area (Å²) < 4.78 is 0. The largest absolute Gasteiger partial charge is 0.326 e. The molecule has 1 aromatic carbocycles. The first-order chi connectivity index (χ1) is 10.8. The van der Waals surface area contributed by atoms with Crippen LogP contribution in [0, 0.1) is 18.3 Å². The van der Waals surface area contributed by atoms with Crippen LogP contribution < -0.4 is 11.2 Å². The standard InChI is InChI=1S/C16H14ClN3O3/c1-7(2)11-13(19-16(23)20-15(11)22)14(21)10-5-9(6-18)4-8(3)12(10)17/h4-5,7H,1-3H3,(H2,19,20,22,23). The minimum absolute atomic E-state index is 0.0753. The van der Waals surface area contributed by atoms with E-state index < -0.39 is 17.0 Å². The molecule has 0 atom stereocenters. The average Bonchev–Trinajstić information content (AvgIpc) is 2.47. The summed E-state index contributed by atoms with van der Waals surface area (Å²) in [6.45, 7) is 5.14. The summed E-state index contributed by atoms with van der Waals surface area (Å²) in [6, 6.07) is 4.86. The molecule has 6 nitrogen and oxygen atoms in total. The van der Waals surface area contributed by atoms with E-state index in [1.54, 1.807) is 26.8 Å². The molecule has 0 spiro atoms. The number of aromatic amines is 2. The lowest BCUT2D eigenvalue weighted by Gasteiger charge is -2.12. The van der Waals surface area contributed by atoms with Crippen molar-refractivity contribution >= 4 is 17.4 Å². The lowest BCUT2D eigenvalue weighted by Crippen LogP contribution is -2.31. The minimum Gasteiger partial charge on any atom is -0.304 e. The van der Waals surface area contributed by atoms with E-state index in [9.17, 15) is 14.4 Å². The molecule has 2 N–H and O–H groups in total. The molecular weight excluding hydrogens is 318 g/mol. The zero-order valence-corrected chi connectivity index (χ0v) is 13.5. The quantitative estimate of drug-likeness (QED) is 0.841. The Labute approximate surface area is 136 Å². The summed E-state index contributed by atoms with van der Waals surface area (Å²) in [5, 5.41) is 9.23. The second kappa shape index (κ2) is 6.23. The Hall–Kier alpha value is -2.65. The lowest BCUT2D eigenvalue weighted by molar-refractivity contribution is 0.103. The van der Waals surface area contributed by atoms with Gasteiger partial charge in [-0.15, -0.1) is 0 Å². The third-order valence-corrected chi connectivity index (χ3v) is 3.91. The van der Waals surface area contributed by atoms with Gasteiger partial charge in [0.05, 0.1) is 22.3 Å². The second-order valence-corrected chi connectivity index (χ2v) is 5.83. The highest BCUT2D eigenvalue weighted by Gasteiger charge is 2.23. The van der Waals surface area contributed by atoms with E-state index in [1.807, 2.05) is 6.07 Å². The SMILES string of the molecule is Cc1cc(C#N)cc(C(=O)c2[nH]c(=O)[nH]c(=O)c2C(C)C)c1Cl. The van der Waals surface area contributed by atoms with Crippen LogP contribution in [0.3, 0.4) is 0 Å². The normalized spacial score (nSPS) is 10.6. The zero-order chi connectivity index (χ0) is 17.3. The van der Waals surface area contributed by atoms with Gasteiger partial charge in [0, 0.05) is 11.1 Å². The second-order valence-electron chi connectivity index (χ2n) is 5.45. The van der Waals surface area contributed by atoms with Crippen LogP contribution >= 0.6 is 11.6 Å². The molecule has 1 aromatic heterocycles. The minimum atomic E-state index is -0.771. The van der Waals surface area contributed by atoms with Crippen LogP contribution in [-0.4, -0.2) is 15.8 Å². The van der Waals surface area contributed by atoms with Crippen LogP contribution in [0.25, 0.3) is 0 Å². The fourth-order valence-corrected chi connectivity index (χ4v) is 2.55. The highest BCUT2D eigenvalue weighted by Crippen LogP contribution is 2.26. The Balaban J connectivity index is 2.77. The molecule has 0 aliphatic heterocycles. The molecule has 0 radical (unpaired) electrons. The Morgan fingerprint density at radius 2 is 1.91 bits per heavy atom. The number of halogens is 1. The molecule has 2 aromatic rings. The number of benzene rings is 1. The number of rotatable bonds is 3. The Kier molecular flexibility index (Phi) is 4.52. The number of aryl methyl sites for hydroxylation is 1. The molecule has 2 rings (SSSR count). The van der Waals surface area contributed by atoms with Crippen molar-refractivity contribution in [2.75, 3.05) is 0 Å². The van der Waals surface area contributed by atoms with Gasteiger partial charge in [-0.3, -0.25) is 14.6 Å². The van der Waals surface area contributed by atoms with Crippen molar-refractivity contribution in [3.8, 4) is 6.07 Å². The maximum atomic E-state index is 12.8. The average molecular weight is 332 g/mol. The van der Waals surface area contributed by atoms with Crippen LogP contribution in [0.5, 0.6) is 0 Å². The van der Waals surface area contributed by atoms with E-state index >= 15 is 0 Å². The van der Waals surface area contributed by atoms with Crippen LogP contribution in [-0.2, 0) is 0 Å². The molecule has 7 heteroatoms. The predicted octanol–water partition coefficient (Wildman–Crippen LogP) is 2.25. The van der Waals surface area contributed by atoms with E-state index in [0.29, 0.717) is 5.56 Å². The van der Waals surface area contributed by atoms with E-state index in [4.69, 9.17) is 16.9 Å². The highest BCUT2D eigenvalue weighted by atomic mass is 35.5. The third kappa shape index (κ3) is 3.10. The lowest BCUT2D eigenvalue weighted by atomic mass is 9.95. The number of ketones is 1. The van der Waals surface area contributed by atoms with Crippen LogP contribution in [0.1, 0.15) is 52.5 Å². The molecule has 1 heterocycles. The molecular formula is C16H14ClN3O3. The summed E-state index contributed by atoms with van der Waals surface area (Å²) in [5.41, 5.74) is -0.411. The summed E-state index contributed by atoms with van der Waals surface area (Å²) in [4.78, 5) is 40.8. The number of nitriles is 1. The van der Waals surface area contributed by atoms with Crippen molar-refractivity contribution in [1.82, 2.24) is 9.97 Å². The monoisotopic (exact) mass is 331 g/mol. The van der Waals surface area contributed by atoms with Gasteiger partial charge in [0.25, 0.3) is 5.56 Å². The molecule has 0 amide bonds. The zero-order valence-electron chi connectivity index (χ0n) is 12.8. The summed E-state index contributed by atoms with van der Waals surface area (Å²) >= 11 is 6.17. The van der Waals surface area contributed by atoms with Gasteiger partial charge < -0.3 is 4.98 Å². The summed E-state index contributed by atoms with van der Waals surface area (Å²) in [7, 11) is 0. The highest BCUT2D eigenvalue weighted by molar-refractivity contribution is 6.35. The first-order valence-electron chi connectivity index (χ1n) is 6.87. The molecule has 0 saturated carbocycles. The predicted molar refractivity (Wildman–Crippen MR) is 86.1 cm³/mol. The number of nitrogens with zero attached hydrogens (tertiary/aromatic N) is 1. The van der Waals surface area contributed by atoms with Crippen molar-refractivity contribution in [3.05, 3.63) is 65.9 Å². The number of hydrogen-bond donors (Lipinski definition) is 2. The van der Waals surface area contributed by atoms with Gasteiger partial charge in [-0.05, 0) is 30.5 Å². The van der Waals surface area contributed by atoms with E-state index in [0.717, 1.165) is 0 Å². The van der Waals surface area contributed by atoms with Crippen LogP contribution in [0.15, 0.2) is 21.7 Å². The van der Waals surface area contributed by atoms with Gasteiger partial charge in [0.2, 0.25) is 5.78 Å². The smallest absolute Gasteiger partial charge is 0.304 e. The van der Waals surface area contributed by atoms with E-state index in [-0.39, 0.29) is 33.3 Å². The molecule has 0 bridgehead atoms. The number of H-pyrrole nitrogens is 2. The molecule has 0 fully saturated rings. The Morgan fingerprint density at radius 3 is 2.48 bits per heavy atom. The Bertz CT molecular complexity index is 949. The van der Waals surface area contributed by atoms with Gasteiger partial charge in [-0.2, -0.15) is 5.26 Å². The van der Waals surface area contributed by atoms with E-state index in [2.05, 4.69) is 9.97 Å². The number of carbonyl (C=O) groups excluding carboxylic acids is 1. The van der Waals surface area contributed by atoms with Gasteiger partial charge in [0.15, 0.2) is 0 Å². The number of aromatic nitrogens is 2. The molecule has 23 heavy (non-hydrogen) atoms. The molecule has 118 valence electrons. The fourth-order valence-electron chi connectivity index (χ4n) is 2.36. The number of nitrogens with one attached hydrogen (secondary N) is 2. The summed E-state index contributed by atoms with van der Waals surface area (Å²) in [5.74, 6) is -0.879. The maximum Gasteiger partial charge on any atom is 0.326 e. The molecule has 0 saturated heterocycles. The Morgan fingerprint density at radius 1 is 1.26 bits per heavy atom.